The number of carbonyl (C=O) groups excluding carboxylic acids is 4. The number of aromatic nitrogens is 1. The van der Waals surface area contributed by atoms with E-state index in [1.54, 1.807) is 61.5 Å². The van der Waals surface area contributed by atoms with Crippen LogP contribution in [0.2, 0.25) is 5.02 Å². The monoisotopic (exact) mass is 708 g/mol. The number of amides is 4. The number of aliphatic hydroxyl groups excluding tert-OH is 1. The van der Waals surface area contributed by atoms with Crippen molar-refractivity contribution < 1.29 is 42.2 Å². The van der Waals surface area contributed by atoms with Gasteiger partial charge in [0.2, 0.25) is 11.8 Å². The Balaban J connectivity index is 1.30. The van der Waals surface area contributed by atoms with Crippen molar-refractivity contribution >= 4 is 46.7 Å². The maximum Gasteiger partial charge on any atom is 0.433 e. The van der Waals surface area contributed by atoms with Crippen LogP contribution in [0.5, 0.6) is 5.75 Å². The van der Waals surface area contributed by atoms with Gasteiger partial charge in [0.1, 0.15) is 18.1 Å². The molecule has 3 fully saturated rings. The molecule has 50 heavy (non-hydrogen) atoms. The Labute approximate surface area is 290 Å². The Morgan fingerprint density at radius 1 is 0.980 bits per heavy atom. The van der Waals surface area contributed by atoms with E-state index >= 15 is 0 Å². The predicted octanol–water partition coefficient (Wildman–Crippen LogP) is 5.41. The van der Waals surface area contributed by atoms with Crippen LogP contribution in [0.15, 0.2) is 78.4 Å². The van der Waals surface area contributed by atoms with Gasteiger partial charge < -0.3 is 9.84 Å². The molecule has 14 heteroatoms. The number of hydrogen-bond acceptors (Lipinski definition) is 8. The molecule has 0 radical (unpaired) electrons. The summed E-state index contributed by atoms with van der Waals surface area (Å²) in [7, 11) is 1.26. The highest BCUT2D eigenvalue weighted by molar-refractivity contribution is 6.33. The molecule has 1 N–H and O–H groups in total. The second kappa shape index (κ2) is 12.2. The number of aliphatic hydroxyl groups is 1. The number of nitrogens with zero attached hydrogens (tertiary/aromatic N) is 4. The van der Waals surface area contributed by atoms with E-state index in [4.69, 9.17) is 16.3 Å². The molecule has 3 aromatic rings. The second-order valence-electron chi connectivity index (χ2n) is 13.1. The van der Waals surface area contributed by atoms with Crippen molar-refractivity contribution in [3.8, 4) is 5.75 Å². The maximum absolute atomic E-state index is 14.5. The number of allylic oxidation sites excluding steroid dienone is 2. The largest absolute Gasteiger partial charge is 0.491 e. The van der Waals surface area contributed by atoms with E-state index in [1.165, 1.54) is 11.9 Å². The van der Waals surface area contributed by atoms with Gasteiger partial charge in [-0.3, -0.25) is 24.2 Å². The molecule has 2 aliphatic heterocycles. The summed E-state index contributed by atoms with van der Waals surface area (Å²) in [5.74, 6) is -5.98. The van der Waals surface area contributed by atoms with Crippen LogP contribution in [0.25, 0.3) is 0 Å². The number of para-hydroxylation sites is 1. The molecular formula is C36H32ClF3N4O6. The minimum absolute atomic E-state index is 0.0835. The Morgan fingerprint density at radius 2 is 1.68 bits per heavy atom. The zero-order valence-corrected chi connectivity index (χ0v) is 27.7. The summed E-state index contributed by atoms with van der Waals surface area (Å²) in [5.41, 5.74) is -0.632. The third-order valence-electron chi connectivity index (χ3n) is 10.6. The zero-order chi connectivity index (χ0) is 35.7. The van der Waals surface area contributed by atoms with Crippen molar-refractivity contribution in [2.24, 2.45) is 29.1 Å². The highest BCUT2D eigenvalue weighted by Gasteiger charge is 2.68. The number of halogens is 4. The summed E-state index contributed by atoms with van der Waals surface area (Å²) in [4.78, 5) is 61.9. The van der Waals surface area contributed by atoms with Crippen LogP contribution in [0.3, 0.4) is 0 Å². The summed E-state index contributed by atoms with van der Waals surface area (Å²) in [6.45, 7) is 1.68. The highest BCUT2D eigenvalue weighted by Crippen LogP contribution is 2.63. The quantitative estimate of drug-likeness (QED) is 0.256. The molecule has 2 aliphatic carbocycles. The summed E-state index contributed by atoms with van der Waals surface area (Å²) >= 11 is 6.25. The highest BCUT2D eigenvalue weighted by atomic mass is 35.5. The lowest BCUT2D eigenvalue weighted by Crippen LogP contribution is -2.49. The molecule has 0 unspecified atom stereocenters. The van der Waals surface area contributed by atoms with E-state index in [0.29, 0.717) is 23.1 Å². The fourth-order valence-electron chi connectivity index (χ4n) is 8.33. The molecule has 3 heterocycles. The third kappa shape index (κ3) is 5.08. The van der Waals surface area contributed by atoms with Gasteiger partial charge in [-0.05, 0) is 67.6 Å². The molecule has 2 aromatic carbocycles. The Morgan fingerprint density at radius 3 is 2.34 bits per heavy atom. The summed E-state index contributed by atoms with van der Waals surface area (Å²) in [6, 6.07) is 17.3. The van der Waals surface area contributed by atoms with E-state index in [0.717, 1.165) is 21.7 Å². The van der Waals surface area contributed by atoms with Crippen LogP contribution in [0.4, 0.5) is 24.7 Å². The minimum atomic E-state index is -4.79. The molecule has 4 amide bonds. The molecule has 0 spiro atoms. The van der Waals surface area contributed by atoms with E-state index < -0.39 is 70.4 Å². The molecule has 4 aliphatic rings. The Hall–Kier alpha value is -4.75. The number of hydrogen-bond donors (Lipinski definition) is 1. The number of imide groups is 2. The lowest BCUT2D eigenvalue weighted by atomic mass is 9.51. The number of anilines is 2. The van der Waals surface area contributed by atoms with Gasteiger partial charge in [0.25, 0.3) is 11.8 Å². The number of carbonyl (C=O) groups is 4. The molecule has 10 nitrogen and oxygen atoms in total. The molecule has 7 rings (SSSR count). The Kier molecular flexibility index (Phi) is 8.25. The molecular weight excluding hydrogens is 677 g/mol. The van der Waals surface area contributed by atoms with Crippen molar-refractivity contribution in [3.63, 3.8) is 0 Å². The number of hydrazine groups is 1. The number of benzene rings is 2. The lowest BCUT2D eigenvalue weighted by Gasteiger charge is -2.49. The average Bonchev–Trinajstić information content (AvgIpc) is 3.46. The van der Waals surface area contributed by atoms with Gasteiger partial charge in [-0.25, -0.2) is 9.88 Å². The van der Waals surface area contributed by atoms with Gasteiger partial charge in [0, 0.05) is 13.0 Å². The Bertz CT molecular complexity index is 1920. The number of fused-ring (bicyclic) bond motifs is 4. The first-order valence-electron chi connectivity index (χ1n) is 16.1. The minimum Gasteiger partial charge on any atom is -0.491 e. The molecule has 0 bridgehead atoms. The van der Waals surface area contributed by atoms with Crippen LogP contribution in [-0.4, -0.2) is 59.0 Å². The van der Waals surface area contributed by atoms with Crippen molar-refractivity contribution in [1.82, 2.24) is 9.99 Å². The van der Waals surface area contributed by atoms with E-state index in [2.05, 4.69) is 4.98 Å². The van der Waals surface area contributed by atoms with Crippen molar-refractivity contribution in [3.05, 3.63) is 94.7 Å². The fraction of sp³-hybridized carbons (Fsp3) is 0.361. The first-order valence-corrected chi connectivity index (χ1v) is 16.5. The van der Waals surface area contributed by atoms with Gasteiger partial charge in [0.05, 0.1) is 40.5 Å². The molecule has 1 aromatic heterocycles. The standard InChI is InChI=1S/C36H32ClF3N4O6/c1-35-25(32(47)43(34(35)49)20-6-4-3-5-7-20)18-24-22(29(35)19-8-10-21(11-9-19)50-17-16-45)12-13-23-28(24)33(48)44(31(23)46)42(2)30-26(37)14-15-27(41-30)36(38,39)40/h3-12,14-15,23-25,28-29,45H,13,16-18H2,1-2H3/t23-,24+,25-,28-,29-,35+/m0/s1. The third-order valence-corrected chi connectivity index (χ3v) is 10.9. The topological polar surface area (TPSA) is 120 Å². The smallest absolute Gasteiger partial charge is 0.433 e. The van der Waals surface area contributed by atoms with Gasteiger partial charge in [-0.1, -0.05) is 53.6 Å². The van der Waals surface area contributed by atoms with Crippen LogP contribution in [-0.2, 0) is 25.4 Å². The summed E-state index contributed by atoms with van der Waals surface area (Å²) in [5, 5.41) is 10.8. The SMILES string of the molecule is CN(c1nc(C(F)(F)F)ccc1Cl)N1C(=O)[C@H]2[C@H](CC=C3[C@H]2C[C@H]2C(=O)N(c4ccccc4)C(=O)[C@@]2(C)[C@H]3c2ccc(OCCO)cc2)C1=O. The zero-order valence-electron chi connectivity index (χ0n) is 26.9. The molecule has 1 saturated carbocycles. The van der Waals surface area contributed by atoms with E-state index in [9.17, 15) is 37.5 Å². The lowest BCUT2D eigenvalue weighted by molar-refractivity contribution is -0.141. The molecule has 6 atom stereocenters. The van der Waals surface area contributed by atoms with Gasteiger partial charge in [-0.2, -0.15) is 18.2 Å². The van der Waals surface area contributed by atoms with Crippen molar-refractivity contribution in [2.45, 2.75) is 31.9 Å². The number of alkyl halides is 3. The molecule has 260 valence electrons. The van der Waals surface area contributed by atoms with Crippen molar-refractivity contribution in [1.29, 1.82) is 0 Å². The average molecular weight is 709 g/mol. The number of ether oxygens (including phenoxy) is 1. The van der Waals surface area contributed by atoms with E-state index in [1.807, 2.05) is 6.08 Å². The van der Waals surface area contributed by atoms with Crippen LogP contribution in [0.1, 0.15) is 36.9 Å². The van der Waals surface area contributed by atoms with Crippen LogP contribution in [0, 0.1) is 29.1 Å². The van der Waals surface area contributed by atoms with Crippen LogP contribution < -0.4 is 14.6 Å². The number of pyridine rings is 1. The van der Waals surface area contributed by atoms with Gasteiger partial charge >= 0.3 is 6.18 Å². The first kappa shape index (κ1) is 33.7. The summed E-state index contributed by atoms with van der Waals surface area (Å²) in [6.07, 6.45) is -2.68. The number of rotatable bonds is 7. The predicted molar refractivity (Wildman–Crippen MR) is 175 cm³/mol. The maximum atomic E-state index is 14.5. The first-order chi connectivity index (χ1) is 23.8. The van der Waals surface area contributed by atoms with Gasteiger partial charge in [-0.15, -0.1) is 0 Å². The van der Waals surface area contributed by atoms with E-state index in [-0.39, 0.29) is 37.0 Å². The fourth-order valence-corrected chi connectivity index (χ4v) is 8.56. The normalized spacial score (nSPS) is 27.6. The van der Waals surface area contributed by atoms with Gasteiger partial charge in [0.15, 0.2) is 5.82 Å². The molecule has 2 saturated heterocycles. The van der Waals surface area contributed by atoms with Crippen molar-refractivity contribution in [2.75, 3.05) is 30.2 Å². The second-order valence-corrected chi connectivity index (χ2v) is 13.6. The summed E-state index contributed by atoms with van der Waals surface area (Å²) < 4.78 is 46.2. The van der Waals surface area contributed by atoms with Crippen LogP contribution >= 0.6 is 11.6 Å².